The largest absolute Gasteiger partial charge is 0.342 e. The van der Waals surface area contributed by atoms with Gasteiger partial charge in [-0.15, -0.1) is 0 Å². The molecule has 0 aromatic rings. The van der Waals surface area contributed by atoms with Crippen molar-refractivity contribution in [3.63, 3.8) is 0 Å². The summed E-state index contributed by atoms with van der Waals surface area (Å²) >= 11 is 1.84. The van der Waals surface area contributed by atoms with Gasteiger partial charge in [0.15, 0.2) is 0 Å². The number of fused-ring (bicyclic) bond motifs is 1. The average Bonchev–Trinajstić information content (AvgIpc) is 2.91. The predicted octanol–water partition coefficient (Wildman–Crippen LogP) is 2.63. The van der Waals surface area contributed by atoms with E-state index in [0.29, 0.717) is 17.9 Å². The van der Waals surface area contributed by atoms with E-state index in [1.165, 1.54) is 19.3 Å². The first kappa shape index (κ1) is 12.3. The minimum absolute atomic E-state index is 0.352. The summed E-state index contributed by atoms with van der Waals surface area (Å²) in [4.78, 5) is 14.3. The molecule has 2 rings (SSSR count). The van der Waals surface area contributed by atoms with Crippen molar-refractivity contribution in [2.75, 3.05) is 19.1 Å². The van der Waals surface area contributed by atoms with Gasteiger partial charge in [-0.1, -0.05) is 6.92 Å². The van der Waals surface area contributed by atoms with Gasteiger partial charge < -0.3 is 4.90 Å². The Hall–Kier alpha value is -0.180. The van der Waals surface area contributed by atoms with Crippen molar-refractivity contribution in [2.45, 2.75) is 38.6 Å². The van der Waals surface area contributed by atoms with Crippen LogP contribution in [0.15, 0.2) is 0 Å². The van der Waals surface area contributed by atoms with Crippen LogP contribution < -0.4 is 0 Å². The molecule has 2 nitrogen and oxygen atoms in total. The normalized spacial score (nSPS) is 33.3. The standard InChI is InChI=1S/C13H23NOS/c1-4-12(8-16-3)14(2)13(15)11-6-9-5-10(9)7-11/h9-12H,4-8H2,1-3H3. The van der Waals surface area contributed by atoms with E-state index < -0.39 is 0 Å². The second kappa shape index (κ2) is 4.99. The molecule has 0 spiro atoms. The molecule has 92 valence electrons. The molecule has 0 bridgehead atoms. The third-order valence-electron chi connectivity index (χ3n) is 4.32. The van der Waals surface area contributed by atoms with E-state index in [9.17, 15) is 4.79 Å². The zero-order valence-corrected chi connectivity index (χ0v) is 11.4. The van der Waals surface area contributed by atoms with Crippen LogP contribution in [0.3, 0.4) is 0 Å². The molecule has 3 atom stereocenters. The molecular formula is C13H23NOS. The maximum atomic E-state index is 12.3. The van der Waals surface area contributed by atoms with E-state index in [-0.39, 0.29) is 0 Å². The SMILES string of the molecule is CCC(CSC)N(C)C(=O)C1CC2CC2C1. The van der Waals surface area contributed by atoms with Crippen molar-refractivity contribution in [3.05, 3.63) is 0 Å². The van der Waals surface area contributed by atoms with Gasteiger partial charge >= 0.3 is 0 Å². The second-order valence-electron chi connectivity index (χ2n) is 5.39. The van der Waals surface area contributed by atoms with Crippen molar-refractivity contribution in [2.24, 2.45) is 17.8 Å². The van der Waals surface area contributed by atoms with Gasteiger partial charge in [0.25, 0.3) is 0 Å². The third kappa shape index (κ3) is 2.39. The summed E-state index contributed by atoms with van der Waals surface area (Å²) in [7, 11) is 2.00. The minimum atomic E-state index is 0.352. The van der Waals surface area contributed by atoms with Crippen molar-refractivity contribution in [1.82, 2.24) is 4.90 Å². The molecule has 0 aromatic heterocycles. The van der Waals surface area contributed by atoms with Crippen LogP contribution >= 0.6 is 11.8 Å². The lowest BCUT2D eigenvalue weighted by molar-refractivity contribution is -0.136. The number of hydrogen-bond donors (Lipinski definition) is 0. The molecule has 2 fully saturated rings. The van der Waals surface area contributed by atoms with Gasteiger partial charge in [0, 0.05) is 24.8 Å². The summed E-state index contributed by atoms with van der Waals surface area (Å²) in [5.41, 5.74) is 0. The van der Waals surface area contributed by atoms with Gasteiger partial charge in [0.2, 0.25) is 5.91 Å². The van der Waals surface area contributed by atoms with Gasteiger partial charge in [-0.3, -0.25) is 4.79 Å². The molecule has 0 aliphatic heterocycles. The molecule has 1 amide bonds. The minimum Gasteiger partial charge on any atom is -0.342 e. The highest BCUT2D eigenvalue weighted by atomic mass is 32.2. The number of hydrogen-bond acceptors (Lipinski definition) is 2. The molecule has 3 unspecified atom stereocenters. The number of thioether (sulfide) groups is 1. The summed E-state index contributed by atoms with van der Waals surface area (Å²) < 4.78 is 0. The molecule has 0 aromatic carbocycles. The van der Waals surface area contributed by atoms with Crippen LogP contribution in [0.1, 0.15) is 32.6 Å². The first-order chi connectivity index (χ1) is 7.67. The molecule has 0 radical (unpaired) electrons. The zero-order valence-electron chi connectivity index (χ0n) is 10.6. The van der Waals surface area contributed by atoms with Crippen molar-refractivity contribution in [3.8, 4) is 0 Å². The molecule has 2 aliphatic carbocycles. The molecular weight excluding hydrogens is 218 g/mol. The first-order valence-corrected chi connectivity index (χ1v) is 7.82. The van der Waals surface area contributed by atoms with Gasteiger partial charge in [-0.2, -0.15) is 11.8 Å². The maximum absolute atomic E-state index is 12.3. The summed E-state index contributed by atoms with van der Waals surface area (Å²) in [6.45, 7) is 2.18. The Morgan fingerprint density at radius 3 is 2.50 bits per heavy atom. The zero-order chi connectivity index (χ0) is 11.7. The lowest BCUT2D eigenvalue weighted by Gasteiger charge is -2.29. The summed E-state index contributed by atoms with van der Waals surface area (Å²) in [5.74, 6) is 3.64. The van der Waals surface area contributed by atoms with Crippen LogP contribution in [0, 0.1) is 17.8 Å². The molecule has 0 saturated heterocycles. The number of carbonyl (C=O) groups is 1. The fourth-order valence-electron chi connectivity index (χ4n) is 3.08. The van der Waals surface area contributed by atoms with Gasteiger partial charge in [0.05, 0.1) is 0 Å². The smallest absolute Gasteiger partial charge is 0.225 e. The average molecular weight is 241 g/mol. The molecule has 0 heterocycles. The highest BCUT2D eigenvalue weighted by molar-refractivity contribution is 7.98. The van der Waals surface area contributed by atoms with E-state index in [1.54, 1.807) is 0 Å². The maximum Gasteiger partial charge on any atom is 0.225 e. The fraction of sp³-hybridized carbons (Fsp3) is 0.923. The van der Waals surface area contributed by atoms with E-state index >= 15 is 0 Å². The lowest BCUT2D eigenvalue weighted by atomic mass is 10.0. The summed E-state index contributed by atoms with van der Waals surface area (Å²) in [6.07, 6.45) is 6.93. The van der Waals surface area contributed by atoms with Crippen LogP contribution in [0.4, 0.5) is 0 Å². The lowest BCUT2D eigenvalue weighted by Crippen LogP contribution is -2.41. The van der Waals surface area contributed by atoms with Gasteiger partial charge in [0.1, 0.15) is 0 Å². The fourth-order valence-corrected chi connectivity index (χ4v) is 3.92. The monoisotopic (exact) mass is 241 g/mol. The van der Waals surface area contributed by atoms with E-state index in [1.807, 2.05) is 23.7 Å². The van der Waals surface area contributed by atoms with Gasteiger partial charge in [-0.05, 0) is 43.8 Å². The molecule has 0 N–H and O–H groups in total. The predicted molar refractivity (Wildman–Crippen MR) is 69.6 cm³/mol. The molecule has 16 heavy (non-hydrogen) atoms. The first-order valence-electron chi connectivity index (χ1n) is 6.43. The highest BCUT2D eigenvalue weighted by Crippen LogP contribution is 2.54. The van der Waals surface area contributed by atoms with Crippen molar-refractivity contribution >= 4 is 17.7 Å². The van der Waals surface area contributed by atoms with E-state index in [2.05, 4.69) is 13.2 Å². The van der Waals surface area contributed by atoms with Crippen LogP contribution in [0.2, 0.25) is 0 Å². The van der Waals surface area contributed by atoms with Crippen LogP contribution in [0.5, 0.6) is 0 Å². The Labute approximate surface area is 103 Å². The number of amides is 1. The number of carbonyl (C=O) groups excluding carboxylic acids is 1. The van der Waals surface area contributed by atoms with Crippen LogP contribution in [-0.4, -0.2) is 35.9 Å². The van der Waals surface area contributed by atoms with Crippen molar-refractivity contribution in [1.29, 1.82) is 0 Å². The highest BCUT2D eigenvalue weighted by Gasteiger charge is 2.48. The van der Waals surface area contributed by atoms with Crippen LogP contribution in [0.25, 0.3) is 0 Å². The Kier molecular flexibility index (Phi) is 3.83. The van der Waals surface area contributed by atoms with Crippen LogP contribution in [-0.2, 0) is 4.79 Å². The Morgan fingerprint density at radius 1 is 1.38 bits per heavy atom. The Balaban J connectivity index is 1.87. The van der Waals surface area contributed by atoms with Crippen molar-refractivity contribution < 1.29 is 4.79 Å². The van der Waals surface area contributed by atoms with E-state index in [4.69, 9.17) is 0 Å². The molecule has 3 heteroatoms. The Bertz CT molecular complexity index is 259. The van der Waals surface area contributed by atoms with Gasteiger partial charge in [-0.25, -0.2) is 0 Å². The summed E-state index contributed by atoms with van der Waals surface area (Å²) in [6, 6.07) is 0.430. The number of rotatable bonds is 5. The Morgan fingerprint density at radius 2 is 2.00 bits per heavy atom. The second-order valence-corrected chi connectivity index (χ2v) is 6.30. The van der Waals surface area contributed by atoms with E-state index in [0.717, 1.165) is 24.0 Å². The third-order valence-corrected chi connectivity index (χ3v) is 5.04. The molecule has 2 saturated carbocycles. The topological polar surface area (TPSA) is 20.3 Å². The number of nitrogens with zero attached hydrogens (tertiary/aromatic N) is 1. The summed E-state index contributed by atoms with van der Waals surface area (Å²) in [5, 5.41) is 0. The quantitative estimate of drug-likeness (QED) is 0.737. The molecule has 2 aliphatic rings.